The number of aliphatic hydroxyl groups is 1. The second-order valence-corrected chi connectivity index (χ2v) is 8.29. The number of hydrogen-bond acceptors (Lipinski definition) is 6. The Bertz CT molecular complexity index is 1080. The van der Waals surface area contributed by atoms with Crippen LogP contribution in [0.1, 0.15) is 54.7 Å². The summed E-state index contributed by atoms with van der Waals surface area (Å²) in [6.07, 6.45) is 3.15. The lowest BCUT2D eigenvalue weighted by Crippen LogP contribution is -2.54. The van der Waals surface area contributed by atoms with Crippen LogP contribution in [0.25, 0.3) is 11.1 Å². The molecule has 168 valence electrons. The van der Waals surface area contributed by atoms with Crippen molar-refractivity contribution >= 4 is 6.72 Å². The van der Waals surface area contributed by atoms with E-state index in [1.807, 2.05) is 48.2 Å². The van der Waals surface area contributed by atoms with Gasteiger partial charge in [-0.2, -0.15) is 0 Å². The number of likely N-dealkylation sites (tertiary alicyclic amines) is 1. The summed E-state index contributed by atoms with van der Waals surface area (Å²) >= 11 is 0. The predicted molar refractivity (Wildman–Crippen MR) is 123 cm³/mol. The fourth-order valence-electron chi connectivity index (χ4n) is 4.46. The van der Waals surface area contributed by atoms with Gasteiger partial charge in [-0.05, 0) is 36.8 Å². The molecule has 0 amide bonds. The number of rotatable bonds is 7. The second-order valence-electron chi connectivity index (χ2n) is 8.29. The van der Waals surface area contributed by atoms with Crippen LogP contribution < -0.4 is 5.73 Å². The van der Waals surface area contributed by atoms with Crippen LogP contribution in [0.2, 0.25) is 0 Å². The Balaban J connectivity index is 1.68. The molecule has 3 N–H and O–H groups in total. The molecule has 0 spiro atoms. The van der Waals surface area contributed by atoms with E-state index >= 15 is 0 Å². The molecule has 2 aromatic carbocycles. The average molecular weight is 437 g/mol. The van der Waals surface area contributed by atoms with E-state index in [0.29, 0.717) is 22.6 Å². The lowest BCUT2D eigenvalue weighted by Gasteiger charge is -2.38. The summed E-state index contributed by atoms with van der Waals surface area (Å²) in [6.45, 7) is 6.80. The molecular formula is C25H29FN4O2. The van der Waals surface area contributed by atoms with Gasteiger partial charge in [0.1, 0.15) is 5.82 Å². The third-order valence-corrected chi connectivity index (χ3v) is 6.38. The van der Waals surface area contributed by atoms with E-state index in [1.165, 1.54) is 6.07 Å². The van der Waals surface area contributed by atoms with Gasteiger partial charge in [0.2, 0.25) is 5.79 Å². The van der Waals surface area contributed by atoms with Crippen molar-refractivity contribution in [3.05, 3.63) is 76.9 Å². The van der Waals surface area contributed by atoms with Crippen molar-refractivity contribution in [2.45, 2.75) is 44.5 Å². The maximum Gasteiger partial charge on any atom is 0.227 e. The molecule has 0 aliphatic carbocycles. The zero-order valence-corrected chi connectivity index (χ0v) is 18.3. The molecule has 2 unspecified atom stereocenters. The fraction of sp³-hybridized carbons (Fsp3) is 0.360. The fourth-order valence-corrected chi connectivity index (χ4v) is 4.46. The Hall–Kier alpha value is -2.87. The van der Waals surface area contributed by atoms with Crippen molar-refractivity contribution in [2.24, 2.45) is 10.7 Å². The van der Waals surface area contributed by atoms with Gasteiger partial charge in [0.05, 0.1) is 12.3 Å². The molecule has 1 aromatic heterocycles. The van der Waals surface area contributed by atoms with Gasteiger partial charge in [-0.1, -0.05) is 61.0 Å². The van der Waals surface area contributed by atoms with Crippen LogP contribution in [-0.2, 0) is 12.4 Å². The molecule has 0 saturated carbocycles. The Morgan fingerprint density at radius 2 is 1.94 bits per heavy atom. The standard InChI is InChI=1S/C25H29FN4O2/c1-17(19-11-12-20(22(26)15-19)18-9-5-3-6-10-18)23-21(16-31)24(32-29-23)25(27,28-2)30-13-7-4-8-14-30/h3,5-6,9-12,15,17,31H,2,4,7-8,13-14,16,27H2,1H3. The number of nitrogens with zero attached hydrogens (tertiary/aromatic N) is 3. The van der Waals surface area contributed by atoms with Gasteiger partial charge in [0.25, 0.3) is 0 Å². The number of aromatic nitrogens is 1. The van der Waals surface area contributed by atoms with Gasteiger partial charge in [0, 0.05) is 30.1 Å². The van der Waals surface area contributed by atoms with Gasteiger partial charge in [-0.15, -0.1) is 0 Å². The molecule has 0 radical (unpaired) electrons. The minimum Gasteiger partial charge on any atom is -0.391 e. The Kier molecular flexibility index (Phi) is 6.50. The number of nitrogens with two attached hydrogens (primary N) is 1. The summed E-state index contributed by atoms with van der Waals surface area (Å²) in [6, 6.07) is 14.6. The summed E-state index contributed by atoms with van der Waals surface area (Å²) in [5.41, 5.74) is 9.69. The van der Waals surface area contributed by atoms with E-state index in [4.69, 9.17) is 10.3 Å². The zero-order valence-electron chi connectivity index (χ0n) is 18.3. The minimum absolute atomic E-state index is 0.292. The minimum atomic E-state index is -1.30. The molecule has 7 heteroatoms. The lowest BCUT2D eigenvalue weighted by molar-refractivity contribution is 0.0500. The third-order valence-electron chi connectivity index (χ3n) is 6.38. The van der Waals surface area contributed by atoms with Gasteiger partial charge in [-0.25, -0.2) is 4.39 Å². The summed E-state index contributed by atoms with van der Waals surface area (Å²) in [5, 5.41) is 14.4. The van der Waals surface area contributed by atoms with E-state index in [1.54, 1.807) is 6.07 Å². The summed E-state index contributed by atoms with van der Waals surface area (Å²) in [4.78, 5) is 6.18. The van der Waals surface area contributed by atoms with E-state index in [-0.39, 0.29) is 18.3 Å². The van der Waals surface area contributed by atoms with Crippen molar-refractivity contribution in [1.29, 1.82) is 0 Å². The number of halogens is 1. The van der Waals surface area contributed by atoms with Crippen molar-refractivity contribution in [3.63, 3.8) is 0 Å². The van der Waals surface area contributed by atoms with E-state index < -0.39 is 5.79 Å². The van der Waals surface area contributed by atoms with Crippen molar-refractivity contribution in [2.75, 3.05) is 13.1 Å². The van der Waals surface area contributed by atoms with Gasteiger partial charge < -0.3 is 9.63 Å². The van der Waals surface area contributed by atoms with Crippen molar-refractivity contribution in [3.8, 4) is 11.1 Å². The molecule has 3 aromatic rings. The molecule has 6 nitrogen and oxygen atoms in total. The summed E-state index contributed by atoms with van der Waals surface area (Å²) < 4.78 is 20.6. The highest BCUT2D eigenvalue weighted by Gasteiger charge is 2.41. The zero-order chi connectivity index (χ0) is 22.7. The summed E-state index contributed by atoms with van der Waals surface area (Å²) in [5.74, 6) is -1.64. The Morgan fingerprint density at radius 1 is 1.22 bits per heavy atom. The number of piperidine rings is 1. The number of aliphatic imine (C=N–C) groups is 1. The van der Waals surface area contributed by atoms with Gasteiger partial charge >= 0.3 is 0 Å². The predicted octanol–water partition coefficient (Wildman–Crippen LogP) is 4.38. The Labute approximate surface area is 187 Å². The first-order valence-electron chi connectivity index (χ1n) is 11.0. The van der Waals surface area contributed by atoms with E-state index in [0.717, 1.165) is 43.5 Å². The van der Waals surface area contributed by atoms with Crippen molar-refractivity contribution in [1.82, 2.24) is 10.1 Å². The van der Waals surface area contributed by atoms with Gasteiger partial charge in [-0.3, -0.25) is 15.6 Å². The number of aliphatic hydroxyl groups excluding tert-OH is 1. The highest BCUT2D eigenvalue weighted by molar-refractivity contribution is 5.64. The smallest absolute Gasteiger partial charge is 0.227 e. The van der Waals surface area contributed by atoms with Crippen LogP contribution in [0.3, 0.4) is 0 Å². The van der Waals surface area contributed by atoms with Crippen LogP contribution in [0.5, 0.6) is 0 Å². The average Bonchev–Trinajstić information content (AvgIpc) is 3.29. The normalized spacial score (nSPS) is 17.6. The molecule has 32 heavy (non-hydrogen) atoms. The monoisotopic (exact) mass is 436 g/mol. The molecule has 2 heterocycles. The van der Waals surface area contributed by atoms with Gasteiger partial charge in [0.15, 0.2) is 5.76 Å². The largest absolute Gasteiger partial charge is 0.391 e. The van der Waals surface area contributed by atoms with Crippen LogP contribution >= 0.6 is 0 Å². The molecular weight excluding hydrogens is 407 g/mol. The Morgan fingerprint density at radius 3 is 2.56 bits per heavy atom. The third kappa shape index (κ3) is 3.99. The van der Waals surface area contributed by atoms with E-state index in [2.05, 4.69) is 16.9 Å². The molecule has 1 saturated heterocycles. The maximum absolute atomic E-state index is 14.9. The van der Waals surface area contributed by atoms with Crippen LogP contribution in [0.15, 0.2) is 58.0 Å². The molecule has 2 atom stereocenters. The number of hydrogen-bond donors (Lipinski definition) is 2. The first kappa shape index (κ1) is 22.3. The second kappa shape index (κ2) is 9.32. The molecule has 1 fully saturated rings. The van der Waals surface area contributed by atoms with Crippen molar-refractivity contribution < 1.29 is 14.0 Å². The molecule has 0 bridgehead atoms. The molecule has 1 aliphatic rings. The summed E-state index contributed by atoms with van der Waals surface area (Å²) in [7, 11) is 0. The molecule has 1 aliphatic heterocycles. The first-order valence-corrected chi connectivity index (χ1v) is 11.0. The van der Waals surface area contributed by atoms with E-state index in [9.17, 15) is 9.50 Å². The molecule has 4 rings (SSSR count). The SMILES string of the molecule is C=NC(N)(c1onc(C(C)c2ccc(-c3ccccc3)c(F)c2)c1CO)N1CCCCC1. The highest BCUT2D eigenvalue weighted by atomic mass is 19.1. The lowest BCUT2D eigenvalue weighted by atomic mass is 9.91. The van der Waals surface area contributed by atoms with Crippen LogP contribution in [-0.4, -0.2) is 35.0 Å². The first-order chi connectivity index (χ1) is 15.5. The topological polar surface area (TPSA) is 87.9 Å². The van der Waals surface area contributed by atoms with Crippen LogP contribution in [0, 0.1) is 5.82 Å². The van der Waals surface area contributed by atoms with Crippen LogP contribution in [0.4, 0.5) is 4.39 Å². The maximum atomic E-state index is 14.9. The highest BCUT2D eigenvalue weighted by Crippen LogP contribution is 2.36. The number of benzene rings is 2. The quantitative estimate of drug-likeness (QED) is 0.537.